The summed E-state index contributed by atoms with van der Waals surface area (Å²) in [5, 5.41) is 4.71. The number of hydrogen-bond donors (Lipinski definition) is 0. The first-order valence-corrected chi connectivity index (χ1v) is 15.0. The van der Waals surface area contributed by atoms with Gasteiger partial charge in [0.2, 0.25) is 0 Å². The lowest BCUT2D eigenvalue weighted by atomic mass is 10.1. The van der Waals surface area contributed by atoms with Crippen molar-refractivity contribution in [3.8, 4) is 0 Å². The topological polar surface area (TPSA) is 34.0 Å². The molecular formula is C29H32N2OSi. The Balaban J connectivity index is 1.71. The number of aliphatic imine (C=N–C) groups is 2. The highest BCUT2D eigenvalue weighted by Gasteiger charge is 2.14. The molecule has 0 aliphatic rings. The standard InChI is InChI=1S/C29H32N2OSi/c1-22(30-28-18-9-14-23-12-5-7-16-25(23)28)27(20-11-21-32-33(2,3)4)31-29-19-10-15-24-13-6-8-17-26(24)29/h5-10,12-19H,11,20-21H2,1-4H3. The molecule has 0 saturated heterocycles. The Labute approximate surface area is 198 Å². The van der Waals surface area contributed by atoms with Gasteiger partial charge in [-0.05, 0) is 62.3 Å². The predicted octanol–water partition coefficient (Wildman–Crippen LogP) is 8.49. The number of fused-ring (bicyclic) bond motifs is 2. The molecule has 0 saturated carbocycles. The Kier molecular flexibility index (Phi) is 7.16. The molecule has 0 aromatic heterocycles. The van der Waals surface area contributed by atoms with Crippen molar-refractivity contribution in [3.63, 3.8) is 0 Å². The van der Waals surface area contributed by atoms with Crippen LogP contribution in [-0.4, -0.2) is 26.3 Å². The van der Waals surface area contributed by atoms with Crippen molar-refractivity contribution in [1.82, 2.24) is 0 Å². The molecule has 0 fully saturated rings. The number of benzene rings is 4. The van der Waals surface area contributed by atoms with Crippen LogP contribution in [0.2, 0.25) is 19.6 Å². The first-order chi connectivity index (χ1) is 15.9. The second kappa shape index (κ2) is 10.2. The van der Waals surface area contributed by atoms with Crippen LogP contribution < -0.4 is 0 Å². The third-order valence-corrected chi connectivity index (χ3v) is 6.66. The van der Waals surface area contributed by atoms with E-state index >= 15 is 0 Å². The maximum Gasteiger partial charge on any atom is 0.183 e. The van der Waals surface area contributed by atoms with E-state index in [1.54, 1.807) is 0 Å². The summed E-state index contributed by atoms with van der Waals surface area (Å²) in [6, 6.07) is 29.4. The Morgan fingerprint density at radius 2 is 1.21 bits per heavy atom. The molecule has 0 spiro atoms. The van der Waals surface area contributed by atoms with Crippen molar-refractivity contribution < 1.29 is 4.43 Å². The molecule has 0 amide bonds. The highest BCUT2D eigenvalue weighted by Crippen LogP contribution is 2.28. The van der Waals surface area contributed by atoms with Crippen LogP contribution in [0, 0.1) is 0 Å². The fraction of sp³-hybridized carbons (Fsp3) is 0.241. The molecule has 0 heterocycles. The lowest BCUT2D eigenvalue weighted by Gasteiger charge is -2.17. The summed E-state index contributed by atoms with van der Waals surface area (Å²) in [6.45, 7) is 9.51. The molecule has 4 rings (SSSR count). The van der Waals surface area contributed by atoms with E-state index in [9.17, 15) is 0 Å². The van der Waals surface area contributed by atoms with E-state index in [0.717, 1.165) is 53.0 Å². The molecule has 3 nitrogen and oxygen atoms in total. The maximum atomic E-state index is 6.10. The van der Waals surface area contributed by atoms with Gasteiger partial charge in [0.25, 0.3) is 0 Å². The second-order valence-corrected chi connectivity index (χ2v) is 13.8. The molecular weight excluding hydrogens is 420 g/mol. The predicted molar refractivity (Wildman–Crippen MR) is 146 cm³/mol. The Bertz CT molecular complexity index is 1310. The average Bonchev–Trinajstić information content (AvgIpc) is 2.80. The molecule has 4 aromatic rings. The first-order valence-electron chi connectivity index (χ1n) is 11.6. The summed E-state index contributed by atoms with van der Waals surface area (Å²) in [6.07, 6.45) is 1.75. The van der Waals surface area contributed by atoms with Crippen LogP contribution in [0.15, 0.2) is 94.9 Å². The van der Waals surface area contributed by atoms with E-state index in [4.69, 9.17) is 14.4 Å². The van der Waals surface area contributed by atoms with Crippen molar-refractivity contribution in [2.75, 3.05) is 6.61 Å². The lowest BCUT2D eigenvalue weighted by Crippen LogP contribution is -2.26. The van der Waals surface area contributed by atoms with Gasteiger partial charge in [0.05, 0.1) is 22.8 Å². The van der Waals surface area contributed by atoms with Crippen molar-refractivity contribution in [1.29, 1.82) is 0 Å². The van der Waals surface area contributed by atoms with Gasteiger partial charge in [-0.1, -0.05) is 72.8 Å². The van der Waals surface area contributed by atoms with Crippen molar-refractivity contribution in [2.24, 2.45) is 9.98 Å². The SMILES string of the molecule is CC(=Nc1cccc2ccccc12)C(CCCO[Si](C)(C)C)=Nc1cccc2ccccc12. The minimum absolute atomic E-state index is 0.756. The van der Waals surface area contributed by atoms with E-state index in [0.29, 0.717) is 0 Å². The summed E-state index contributed by atoms with van der Waals surface area (Å²) in [7, 11) is -1.53. The Hall–Kier alpha value is -3.08. The molecule has 0 aliphatic carbocycles. The van der Waals surface area contributed by atoms with E-state index < -0.39 is 8.32 Å². The van der Waals surface area contributed by atoms with Crippen LogP contribution in [0.4, 0.5) is 11.4 Å². The van der Waals surface area contributed by atoms with Gasteiger partial charge in [-0.2, -0.15) is 0 Å². The second-order valence-electron chi connectivity index (χ2n) is 9.32. The van der Waals surface area contributed by atoms with Crippen LogP contribution in [0.3, 0.4) is 0 Å². The molecule has 0 atom stereocenters. The summed E-state index contributed by atoms with van der Waals surface area (Å²) in [5.74, 6) is 0. The molecule has 0 unspecified atom stereocenters. The Morgan fingerprint density at radius 1 is 0.697 bits per heavy atom. The van der Waals surface area contributed by atoms with Gasteiger partial charge in [0, 0.05) is 17.4 Å². The van der Waals surface area contributed by atoms with Crippen molar-refractivity contribution in [2.45, 2.75) is 39.4 Å². The normalized spacial score (nSPS) is 13.1. The van der Waals surface area contributed by atoms with Gasteiger partial charge in [-0.3, -0.25) is 9.98 Å². The molecule has 0 aliphatic heterocycles. The molecule has 4 aromatic carbocycles. The molecule has 4 heteroatoms. The van der Waals surface area contributed by atoms with Gasteiger partial charge < -0.3 is 4.43 Å². The van der Waals surface area contributed by atoms with E-state index in [-0.39, 0.29) is 0 Å². The summed E-state index contributed by atoms with van der Waals surface area (Å²) >= 11 is 0. The highest BCUT2D eigenvalue weighted by atomic mass is 28.4. The van der Waals surface area contributed by atoms with Crippen LogP contribution in [-0.2, 0) is 4.43 Å². The van der Waals surface area contributed by atoms with E-state index in [1.165, 1.54) is 10.8 Å². The van der Waals surface area contributed by atoms with Crippen molar-refractivity contribution in [3.05, 3.63) is 84.9 Å². The third kappa shape index (κ3) is 6.04. The van der Waals surface area contributed by atoms with Crippen molar-refractivity contribution >= 4 is 52.7 Å². The van der Waals surface area contributed by atoms with Gasteiger partial charge in [0.1, 0.15) is 0 Å². The zero-order chi connectivity index (χ0) is 23.3. The van der Waals surface area contributed by atoms with Gasteiger partial charge in [-0.25, -0.2) is 0 Å². The van der Waals surface area contributed by atoms with Crippen LogP contribution in [0.25, 0.3) is 21.5 Å². The highest BCUT2D eigenvalue weighted by molar-refractivity contribution is 6.69. The minimum atomic E-state index is -1.53. The number of hydrogen-bond acceptors (Lipinski definition) is 3. The summed E-state index contributed by atoms with van der Waals surface area (Å²) in [5.41, 5.74) is 3.93. The molecule has 0 radical (unpaired) electrons. The van der Waals surface area contributed by atoms with Gasteiger partial charge in [-0.15, -0.1) is 0 Å². The Morgan fingerprint density at radius 3 is 1.79 bits per heavy atom. The summed E-state index contributed by atoms with van der Waals surface area (Å²) < 4.78 is 6.10. The van der Waals surface area contributed by atoms with Gasteiger partial charge >= 0.3 is 0 Å². The zero-order valence-corrected chi connectivity index (χ0v) is 21.0. The van der Waals surface area contributed by atoms with E-state index in [2.05, 4.69) is 111 Å². The number of rotatable bonds is 8. The van der Waals surface area contributed by atoms with Gasteiger partial charge in [0.15, 0.2) is 8.32 Å². The summed E-state index contributed by atoms with van der Waals surface area (Å²) in [4.78, 5) is 10.2. The monoisotopic (exact) mass is 452 g/mol. The maximum absolute atomic E-state index is 6.10. The minimum Gasteiger partial charge on any atom is -0.418 e. The molecule has 0 bridgehead atoms. The smallest absolute Gasteiger partial charge is 0.183 e. The quantitative estimate of drug-likeness (QED) is 0.150. The zero-order valence-electron chi connectivity index (χ0n) is 20.0. The molecule has 168 valence electrons. The first kappa shape index (κ1) is 23.1. The number of nitrogens with zero attached hydrogens (tertiary/aromatic N) is 2. The average molecular weight is 453 g/mol. The van der Waals surface area contributed by atoms with Crippen LogP contribution in [0.5, 0.6) is 0 Å². The fourth-order valence-electron chi connectivity index (χ4n) is 3.94. The fourth-order valence-corrected chi connectivity index (χ4v) is 4.69. The third-order valence-electron chi connectivity index (χ3n) is 5.59. The van der Waals surface area contributed by atoms with E-state index in [1.807, 2.05) is 0 Å². The lowest BCUT2D eigenvalue weighted by molar-refractivity contribution is 0.307. The molecule has 0 N–H and O–H groups in total. The largest absolute Gasteiger partial charge is 0.418 e. The van der Waals surface area contributed by atoms with Crippen LogP contribution >= 0.6 is 0 Å². The van der Waals surface area contributed by atoms with Crippen LogP contribution in [0.1, 0.15) is 19.8 Å². The molecule has 33 heavy (non-hydrogen) atoms.